The first kappa shape index (κ1) is 19.6. The Labute approximate surface area is 165 Å². The number of nitrogens with one attached hydrogen (secondary N) is 1. The number of ether oxygens (including phenoxy) is 1. The lowest BCUT2D eigenvalue weighted by Gasteiger charge is -2.20. The Morgan fingerprint density at radius 3 is 2.21 bits per heavy atom. The van der Waals surface area contributed by atoms with Gasteiger partial charge in [0, 0.05) is 0 Å². The van der Waals surface area contributed by atoms with Gasteiger partial charge < -0.3 is 15.2 Å². The Kier molecular flexibility index (Phi) is 6.82. The minimum atomic E-state index is -0.196. The van der Waals surface area contributed by atoms with E-state index in [-0.39, 0.29) is 25.0 Å². The molecule has 3 rings (SSSR count). The number of carbonyl (C=O) groups is 1. The van der Waals surface area contributed by atoms with Gasteiger partial charge in [-0.2, -0.15) is 0 Å². The summed E-state index contributed by atoms with van der Waals surface area (Å²) < 4.78 is 5.64. The molecule has 28 heavy (non-hydrogen) atoms. The molecule has 1 amide bonds. The predicted octanol–water partition coefficient (Wildman–Crippen LogP) is 4.16. The van der Waals surface area contributed by atoms with Gasteiger partial charge >= 0.3 is 0 Å². The quantitative estimate of drug-likeness (QED) is 0.621. The fourth-order valence-electron chi connectivity index (χ4n) is 2.95. The van der Waals surface area contributed by atoms with Crippen LogP contribution in [0.2, 0.25) is 0 Å². The van der Waals surface area contributed by atoms with Crippen molar-refractivity contribution in [3.05, 3.63) is 101 Å². The Morgan fingerprint density at radius 2 is 1.57 bits per heavy atom. The fraction of sp³-hybridized carbons (Fsp3) is 0.208. The second-order valence-corrected chi connectivity index (χ2v) is 6.72. The van der Waals surface area contributed by atoms with Crippen LogP contribution in [0, 0.1) is 6.92 Å². The molecule has 0 aliphatic carbocycles. The second kappa shape index (κ2) is 9.72. The maximum atomic E-state index is 12.5. The van der Waals surface area contributed by atoms with Crippen LogP contribution in [-0.4, -0.2) is 17.6 Å². The number of aryl methyl sites for hydroxylation is 1. The van der Waals surface area contributed by atoms with Crippen LogP contribution in [0.25, 0.3) is 0 Å². The molecule has 1 unspecified atom stereocenters. The van der Waals surface area contributed by atoms with Gasteiger partial charge in [0.1, 0.15) is 5.75 Å². The van der Waals surface area contributed by atoms with Crippen molar-refractivity contribution in [1.82, 2.24) is 5.32 Å². The molecule has 144 valence electrons. The van der Waals surface area contributed by atoms with Crippen LogP contribution < -0.4 is 10.1 Å². The third-order valence-electron chi connectivity index (χ3n) is 4.55. The van der Waals surface area contributed by atoms with Crippen molar-refractivity contribution < 1.29 is 14.6 Å². The van der Waals surface area contributed by atoms with Gasteiger partial charge in [0.05, 0.1) is 25.7 Å². The van der Waals surface area contributed by atoms with Crippen molar-refractivity contribution in [2.24, 2.45) is 0 Å². The first-order valence-electron chi connectivity index (χ1n) is 9.39. The minimum absolute atomic E-state index is 0.00255. The van der Waals surface area contributed by atoms with E-state index in [2.05, 4.69) is 17.4 Å². The molecular weight excluding hydrogens is 350 g/mol. The molecule has 4 nitrogen and oxygen atoms in total. The van der Waals surface area contributed by atoms with E-state index in [0.717, 1.165) is 16.7 Å². The number of hydrogen-bond acceptors (Lipinski definition) is 3. The second-order valence-electron chi connectivity index (χ2n) is 6.72. The zero-order valence-corrected chi connectivity index (χ0v) is 16.0. The van der Waals surface area contributed by atoms with Gasteiger partial charge in [0.15, 0.2) is 0 Å². The van der Waals surface area contributed by atoms with E-state index < -0.39 is 0 Å². The molecule has 0 saturated carbocycles. The lowest BCUT2D eigenvalue weighted by molar-refractivity contribution is -0.122. The third kappa shape index (κ3) is 5.44. The Bertz CT molecular complexity index is 874. The molecule has 0 heterocycles. The fourth-order valence-corrected chi connectivity index (χ4v) is 2.95. The summed E-state index contributed by atoms with van der Waals surface area (Å²) in [5.41, 5.74) is 4.10. The van der Waals surface area contributed by atoms with Crippen LogP contribution in [0.3, 0.4) is 0 Å². The molecule has 0 aliphatic rings. The summed E-state index contributed by atoms with van der Waals surface area (Å²) in [4.78, 5) is 12.5. The topological polar surface area (TPSA) is 58.6 Å². The molecular formula is C24H25NO3. The summed E-state index contributed by atoms with van der Waals surface area (Å²) in [6, 6.07) is 25.1. The van der Waals surface area contributed by atoms with Crippen LogP contribution in [0.4, 0.5) is 0 Å². The van der Waals surface area contributed by atoms with Crippen molar-refractivity contribution in [3.8, 4) is 5.75 Å². The van der Waals surface area contributed by atoms with Gasteiger partial charge in [-0.15, -0.1) is 0 Å². The first-order chi connectivity index (χ1) is 13.7. The number of benzene rings is 3. The summed E-state index contributed by atoms with van der Waals surface area (Å²) in [5, 5.41) is 12.2. The number of rotatable bonds is 8. The van der Waals surface area contributed by atoms with E-state index in [0.29, 0.717) is 12.4 Å². The summed E-state index contributed by atoms with van der Waals surface area (Å²) in [7, 11) is 0. The van der Waals surface area contributed by atoms with E-state index in [1.165, 1.54) is 5.56 Å². The van der Waals surface area contributed by atoms with Crippen molar-refractivity contribution >= 4 is 5.91 Å². The zero-order chi connectivity index (χ0) is 19.8. The largest absolute Gasteiger partial charge is 0.493 e. The molecule has 0 saturated heterocycles. The number of carbonyl (C=O) groups excluding carboxylic acids is 1. The van der Waals surface area contributed by atoms with Crippen molar-refractivity contribution in [2.75, 3.05) is 6.61 Å². The first-order valence-corrected chi connectivity index (χ1v) is 9.39. The average Bonchev–Trinajstić information content (AvgIpc) is 2.74. The van der Waals surface area contributed by atoms with E-state index in [9.17, 15) is 4.79 Å². The molecule has 0 aliphatic heterocycles. The van der Waals surface area contributed by atoms with Crippen molar-refractivity contribution in [2.45, 2.75) is 26.0 Å². The summed E-state index contributed by atoms with van der Waals surface area (Å²) in [6.45, 7) is 2.34. The van der Waals surface area contributed by atoms with Crippen LogP contribution in [0.15, 0.2) is 78.9 Å². The Balaban J connectivity index is 1.61. The smallest absolute Gasteiger partial charge is 0.224 e. The monoisotopic (exact) mass is 375 g/mol. The number of amides is 1. The Hall–Kier alpha value is -3.11. The zero-order valence-electron chi connectivity index (χ0n) is 16.0. The van der Waals surface area contributed by atoms with Crippen molar-refractivity contribution in [1.29, 1.82) is 0 Å². The van der Waals surface area contributed by atoms with E-state index in [1.54, 1.807) is 24.3 Å². The summed E-state index contributed by atoms with van der Waals surface area (Å²) in [6.07, 6.45) is 0.261. The molecule has 3 aromatic carbocycles. The lowest BCUT2D eigenvalue weighted by atomic mass is 9.97. The highest BCUT2D eigenvalue weighted by molar-refractivity contribution is 5.77. The SMILES string of the molecule is Cc1ccc(C(NC(=O)CCOc2ccc(CO)cc2)c2ccccc2)cc1. The third-order valence-corrected chi connectivity index (χ3v) is 4.55. The highest BCUT2D eigenvalue weighted by Crippen LogP contribution is 2.22. The standard InChI is InChI=1S/C24H25NO3/c1-18-7-11-21(12-8-18)24(20-5-3-2-4-6-20)25-23(27)15-16-28-22-13-9-19(17-26)10-14-22/h2-14,24,26H,15-17H2,1H3,(H,25,27). The summed E-state index contributed by atoms with van der Waals surface area (Å²) >= 11 is 0. The van der Waals surface area contributed by atoms with Gasteiger partial charge in [-0.3, -0.25) is 4.79 Å². The van der Waals surface area contributed by atoms with Crippen LogP contribution in [0.5, 0.6) is 5.75 Å². The van der Waals surface area contributed by atoms with Gasteiger partial charge in [-0.25, -0.2) is 0 Å². The van der Waals surface area contributed by atoms with Gasteiger partial charge in [0.25, 0.3) is 0 Å². The van der Waals surface area contributed by atoms with Crippen LogP contribution in [-0.2, 0) is 11.4 Å². The normalized spacial score (nSPS) is 11.6. The maximum absolute atomic E-state index is 12.5. The van der Waals surface area contributed by atoms with E-state index >= 15 is 0 Å². The van der Waals surface area contributed by atoms with E-state index in [1.807, 2.05) is 49.4 Å². The molecule has 3 aromatic rings. The number of aliphatic hydroxyl groups is 1. The van der Waals surface area contributed by atoms with Crippen LogP contribution in [0.1, 0.15) is 34.7 Å². The molecule has 1 atom stereocenters. The maximum Gasteiger partial charge on any atom is 0.224 e. The molecule has 4 heteroatoms. The van der Waals surface area contributed by atoms with Gasteiger partial charge in [-0.1, -0.05) is 72.3 Å². The Morgan fingerprint density at radius 1 is 0.929 bits per heavy atom. The van der Waals surface area contributed by atoms with Gasteiger partial charge in [-0.05, 0) is 35.7 Å². The molecule has 0 bridgehead atoms. The van der Waals surface area contributed by atoms with Gasteiger partial charge in [0.2, 0.25) is 5.91 Å². The van der Waals surface area contributed by atoms with Crippen molar-refractivity contribution in [3.63, 3.8) is 0 Å². The highest BCUT2D eigenvalue weighted by atomic mass is 16.5. The van der Waals surface area contributed by atoms with Crippen LogP contribution >= 0.6 is 0 Å². The lowest BCUT2D eigenvalue weighted by Crippen LogP contribution is -2.30. The number of hydrogen-bond donors (Lipinski definition) is 2. The minimum Gasteiger partial charge on any atom is -0.493 e. The average molecular weight is 375 g/mol. The number of aliphatic hydroxyl groups excluding tert-OH is 1. The molecule has 0 fully saturated rings. The highest BCUT2D eigenvalue weighted by Gasteiger charge is 2.16. The predicted molar refractivity (Wildman–Crippen MR) is 110 cm³/mol. The summed E-state index contributed by atoms with van der Waals surface area (Å²) in [5.74, 6) is 0.615. The molecule has 0 spiro atoms. The molecule has 2 N–H and O–H groups in total. The molecule has 0 aromatic heterocycles. The molecule has 0 radical (unpaired) electrons. The van der Waals surface area contributed by atoms with E-state index in [4.69, 9.17) is 9.84 Å².